The maximum atomic E-state index is 12.2. The molecule has 2 aliphatic rings. The summed E-state index contributed by atoms with van der Waals surface area (Å²) in [5, 5.41) is 9.93. The fraction of sp³-hybridized carbons (Fsp3) is 0.500. The maximum Gasteiger partial charge on any atom is 0.227 e. The molecule has 90 valence electrons. The van der Waals surface area contributed by atoms with Crippen molar-refractivity contribution >= 4 is 11.6 Å². The SMILES string of the molecule is O=C(CC1CC1)N1CCCc2cccc(O)c21. The average molecular weight is 231 g/mol. The number of anilines is 1. The summed E-state index contributed by atoms with van der Waals surface area (Å²) < 4.78 is 0. The van der Waals surface area contributed by atoms with Gasteiger partial charge in [-0.25, -0.2) is 0 Å². The molecule has 1 aromatic rings. The molecule has 0 saturated heterocycles. The number of carbonyl (C=O) groups is 1. The third kappa shape index (κ3) is 2.02. The number of hydrogen-bond donors (Lipinski definition) is 1. The standard InChI is InChI=1S/C14H17NO2/c16-12-5-1-3-11-4-2-8-15(14(11)12)13(17)9-10-6-7-10/h1,3,5,10,16H,2,4,6-9H2. The Morgan fingerprint density at radius 2 is 2.24 bits per heavy atom. The third-order valence-electron chi connectivity index (χ3n) is 3.66. The van der Waals surface area contributed by atoms with Crippen LogP contribution in [0.5, 0.6) is 5.75 Å². The topological polar surface area (TPSA) is 40.5 Å². The highest BCUT2D eigenvalue weighted by Gasteiger charge is 2.30. The Kier molecular flexibility index (Phi) is 2.54. The summed E-state index contributed by atoms with van der Waals surface area (Å²) in [6.45, 7) is 0.746. The molecule has 0 spiro atoms. The molecule has 1 aromatic carbocycles. The van der Waals surface area contributed by atoms with Crippen molar-refractivity contribution < 1.29 is 9.90 Å². The summed E-state index contributed by atoms with van der Waals surface area (Å²) in [7, 11) is 0. The Balaban J connectivity index is 1.89. The van der Waals surface area contributed by atoms with E-state index in [0.717, 1.165) is 30.6 Å². The molecule has 1 heterocycles. The van der Waals surface area contributed by atoms with Crippen molar-refractivity contribution in [1.82, 2.24) is 0 Å². The molecule has 1 fully saturated rings. The van der Waals surface area contributed by atoms with Gasteiger partial charge in [0.1, 0.15) is 5.75 Å². The Labute approximate surface area is 101 Å². The number of para-hydroxylation sites is 1. The minimum atomic E-state index is 0.176. The zero-order chi connectivity index (χ0) is 11.8. The van der Waals surface area contributed by atoms with Gasteiger partial charge in [0, 0.05) is 13.0 Å². The van der Waals surface area contributed by atoms with Crippen LogP contribution in [0.3, 0.4) is 0 Å². The predicted molar refractivity (Wildman–Crippen MR) is 66.1 cm³/mol. The normalized spacial score (nSPS) is 18.9. The van der Waals surface area contributed by atoms with Gasteiger partial charge in [0.25, 0.3) is 0 Å². The van der Waals surface area contributed by atoms with E-state index in [1.807, 2.05) is 12.1 Å². The van der Waals surface area contributed by atoms with E-state index in [4.69, 9.17) is 0 Å². The largest absolute Gasteiger partial charge is 0.506 e. The molecule has 3 nitrogen and oxygen atoms in total. The predicted octanol–water partition coefficient (Wildman–Crippen LogP) is 2.47. The van der Waals surface area contributed by atoms with Gasteiger partial charge in [-0.05, 0) is 43.2 Å². The summed E-state index contributed by atoms with van der Waals surface area (Å²) >= 11 is 0. The third-order valence-corrected chi connectivity index (χ3v) is 3.66. The lowest BCUT2D eigenvalue weighted by atomic mass is 10.0. The molecular formula is C14H17NO2. The van der Waals surface area contributed by atoms with Crippen LogP contribution in [0.4, 0.5) is 5.69 Å². The molecular weight excluding hydrogens is 214 g/mol. The smallest absolute Gasteiger partial charge is 0.227 e. The second-order valence-corrected chi connectivity index (χ2v) is 5.08. The lowest BCUT2D eigenvalue weighted by Gasteiger charge is -2.30. The van der Waals surface area contributed by atoms with E-state index >= 15 is 0 Å². The van der Waals surface area contributed by atoms with Crippen LogP contribution < -0.4 is 4.90 Å². The number of phenols is 1. The Hall–Kier alpha value is -1.51. The van der Waals surface area contributed by atoms with E-state index in [9.17, 15) is 9.90 Å². The second-order valence-electron chi connectivity index (χ2n) is 5.08. The first kappa shape index (κ1) is 10.6. The maximum absolute atomic E-state index is 12.2. The highest BCUT2D eigenvalue weighted by atomic mass is 16.3. The lowest BCUT2D eigenvalue weighted by Crippen LogP contribution is -2.35. The zero-order valence-corrected chi connectivity index (χ0v) is 9.85. The Morgan fingerprint density at radius 1 is 1.41 bits per heavy atom. The number of benzene rings is 1. The summed E-state index contributed by atoms with van der Waals surface area (Å²) in [6.07, 6.45) is 4.97. The number of amides is 1. The minimum absolute atomic E-state index is 0.176. The molecule has 0 aromatic heterocycles. The first-order chi connectivity index (χ1) is 8.25. The van der Waals surface area contributed by atoms with Crippen LogP contribution in [-0.4, -0.2) is 17.6 Å². The van der Waals surface area contributed by atoms with Gasteiger partial charge in [-0.3, -0.25) is 4.79 Å². The van der Waals surface area contributed by atoms with Crippen LogP contribution in [0.25, 0.3) is 0 Å². The van der Waals surface area contributed by atoms with Gasteiger partial charge >= 0.3 is 0 Å². The second kappa shape index (κ2) is 4.06. The number of aromatic hydroxyl groups is 1. The van der Waals surface area contributed by atoms with Gasteiger partial charge in [0.2, 0.25) is 5.91 Å². The van der Waals surface area contributed by atoms with Crippen molar-refractivity contribution in [2.45, 2.75) is 32.1 Å². The van der Waals surface area contributed by atoms with E-state index in [2.05, 4.69) is 0 Å². The fourth-order valence-corrected chi connectivity index (χ4v) is 2.56. The minimum Gasteiger partial charge on any atom is -0.506 e. The van der Waals surface area contributed by atoms with E-state index in [-0.39, 0.29) is 11.7 Å². The van der Waals surface area contributed by atoms with Gasteiger partial charge < -0.3 is 10.0 Å². The van der Waals surface area contributed by atoms with Crippen LogP contribution in [0.15, 0.2) is 18.2 Å². The van der Waals surface area contributed by atoms with Gasteiger partial charge in [-0.15, -0.1) is 0 Å². The number of phenolic OH excluding ortho intramolecular Hbond substituents is 1. The first-order valence-electron chi connectivity index (χ1n) is 6.37. The van der Waals surface area contributed by atoms with Crippen molar-refractivity contribution in [3.8, 4) is 5.75 Å². The molecule has 1 aliphatic carbocycles. The van der Waals surface area contributed by atoms with Crippen molar-refractivity contribution in [3.05, 3.63) is 23.8 Å². The van der Waals surface area contributed by atoms with Crippen molar-refractivity contribution in [2.24, 2.45) is 5.92 Å². The molecule has 1 amide bonds. The summed E-state index contributed by atoms with van der Waals surface area (Å²) in [6, 6.07) is 5.52. The van der Waals surface area contributed by atoms with Crippen LogP contribution in [0.2, 0.25) is 0 Å². The average Bonchev–Trinajstić information content (AvgIpc) is 3.12. The molecule has 0 unspecified atom stereocenters. The monoisotopic (exact) mass is 231 g/mol. The van der Waals surface area contributed by atoms with Gasteiger partial charge in [0.15, 0.2) is 0 Å². The molecule has 0 atom stereocenters. The van der Waals surface area contributed by atoms with Crippen molar-refractivity contribution in [1.29, 1.82) is 0 Å². The molecule has 3 rings (SSSR count). The van der Waals surface area contributed by atoms with E-state index in [1.165, 1.54) is 12.8 Å². The fourth-order valence-electron chi connectivity index (χ4n) is 2.56. The Bertz CT molecular complexity index is 452. The molecule has 17 heavy (non-hydrogen) atoms. The molecule has 0 bridgehead atoms. The van der Waals surface area contributed by atoms with Crippen LogP contribution in [0.1, 0.15) is 31.2 Å². The number of nitrogens with zero attached hydrogens (tertiary/aromatic N) is 1. The van der Waals surface area contributed by atoms with Gasteiger partial charge in [-0.2, -0.15) is 0 Å². The zero-order valence-electron chi connectivity index (χ0n) is 9.85. The summed E-state index contributed by atoms with van der Waals surface area (Å²) in [5.74, 6) is 1.01. The molecule has 1 N–H and O–H groups in total. The Morgan fingerprint density at radius 3 is 3.00 bits per heavy atom. The summed E-state index contributed by atoms with van der Waals surface area (Å²) in [4.78, 5) is 14.0. The quantitative estimate of drug-likeness (QED) is 0.849. The lowest BCUT2D eigenvalue weighted by molar-refractivity contribution is -0.119. The molecule has 1 saturated carbocycles. The van der Waals surface area contributed by atoms with Gasteiger partial charge in [-0.1, -0.05) is 12.1 Å². The highest BCUT2D eigenvalue weighted by molar-refractivity contribution is 5.96. The number of hydrogen-bond acceptors (Lipinski definition) is 2. The van der Waals surface area contributed by atoms with Crippen molar-refractivity contribution in [2.75, 3.05) is 11.4 Å². The van der Waals surface area contributed by atoms with E-state index < -0.39 is 0 Å². The van der Waals surface area contributed by atoms with Crippen LogP contribution >= 0.6 is 0 Å². The summed E-state index contributed by atoms with van der Waals surface area (Å²) in [5.41, 5.74) is 1.85. The first-order valence-corrected chi connectivity index (χ1v) is 6.37. The number of carbonyl (C=O) groups excluding carboxylic acids is 1. The van der Waals surface area contributed by atoms with Crippen LogP contribution in [0, 0.1) is 5.92 Å². The van der Waals surface area contributed by atoms with Crippen LogP contribution in [-0.2, 0) is 11.2 Å². The van der Waals surface area contributed by atoms with Crippen molar-refractivity contribution in [3.63, 3.8) is 0 Å². The van der Waals surface area contributed by atoms with E-state index in [1.54, 1.807) is 11.0 Å². The highest BCUT2D eigenvalue weighted by Crippen LogP contribution is 2.38. The van der Waals surface area contributed by atoms with E-state index in [0.29, 0.717) is 12.3 Å². The number of fused-ring (bicyclic) bond motifs is 1. The van der Waals surface area contributed by atoms with Gasteiger partial charge in [0.05, 0.1) is 5.69 Å². The molecule has 3 heteroatoms. The molecule has 0 radical (unpaired) electrons. The number of rotatable bonds is 2. The number of aryl methyl sites for hydroxylation is 1. The molecule has 1 aliphatic heterocycles.